The summed E-state index contributed by atoms with van der Waals surface area (Å²) in [5.41, 5.74) is 9.96. The van der Waals surface area contributed by atoms with E-state index in [1.165, 1.54) is 12.1 Å². The van der Waals surface area contributed by atoms with Crippen LogP contribution in [0.25, 0.3) is 11.6 Å². The highest BCUT2D eigenvalue weighted by Crippen LogP contribution is 2.33. The molecule has 0 bridgehead atoms. The van der Waals surface area contributed by atoms with Gasteiger partial charge in [0.2, 0.25) is 0 Å². The molecule has 1 aliphatic heterocycles. The van der Waals surface area contributed by atoms with Gasteiger partial charge >= 0.3 is 0 Å². The number of anilines is 1. The highest BCUT2D eigenvalue weighted by molar-refractivity contribution is 6.34. The Balaban J connectivity index is 0.000000257. The minimum atomic E-state index is -0.361. The monoisotopic (exact) mass is 402 g/mol. The van der Waals surface area contributed by atoms with E-state index in [1.54, 1.807) is 12.1 Å². The van der Waals surface area contributed by atoms with Crippen molar-refractivity contribution in [1.29, 1.82) is 0 Å². The summed E-state index contributed by atoms with van der Waals surface area (Å²) in [5.74, 6) is -0.548. The van der Waals surface area contributed by atoms with Crippen LogP contribution >= 0.6 is 0 Å². The van der Waals surface area contributed by atoms with E-state index in [-0.39, 0.29) is 17.8 Å². The lowest BCUT2D eigenvalue weighted by atomic mass is 10.1. The Morgan fingerprint density at radius 2 is 1.93 bits per heavy atom. The summed E-state index contributed by atoms with van der Waals surface area (Å²) in [6.07, 6.45) is 1.41. The van der Waals surface area contributed by atoms with Crippen LogP contribution in [0.2, 0.25) is 0 Å². The van der Waals surface area contributed by atoms with Gasteiger partial charge < -0.3 is 26.0 Å². The van der Waals surface area contributed by atoms with Gasteiger partial charge in [0.1, 0.15) is 5.82 Å². The zero-order chi connectivity index (χ0) is 21.6. The second kappa shape index (κ2) is 10.3. The van der Waals surface area contributed by atoms with E-state index in [0.29, 0.717) is 29.9 Å². The zero-order valence-corrected chi connectivity index (χ0v) is 17.6. The number of fused-ring (bicyclic) bond motifs is 1. The number of nitrogens with two attached hydrogens (primary N) is 1. The van der Waals surface area contributed by atoms with E-state index in [2.05, 4.69) is 29.0 Å². The zero-order valence-electron chi connectivity index (χ0n) is 17.6. The number of amides is 1. The third-order valence-corrected chi connectivity index (χ3v) is 4.88. The van der Waals surface area contributed by atoms with Crippen LogP contribution in [-0.4, -0.2) is 53.2 Å². The van der Waals surface area contributed by atoms with Gasteiger partial charge in [-0.25, -0.2) is 4.39 Å². The number of hydrogen-bond donors (Lipinski definition) is 4. The molecule has 158 valence electrons. The number of aliphatic hydroxyl groups is 1. The molecule has 2 heterocycles. The molecule has 0 aliphatic carbocycles. The van der Waals surface area contributed by atoms with Crippen LogP contribution in [0.5, 0.6) is 0 Å². The Hall–Kier alpha value is -2.48. The minimum Gasteiger partial charge on any atom is -0.390 e. The Kier molecular flexibility index (Phi) is 8.13. The first kappa shape index (κ1) is 22.8. The van der Waals surface area contributed by atoms with E-state index in [9.17, 15) is 9.18 Å². The van der Waals surface area contributed by atoms with Gasteiger partial charge in [0.25, 0.3) is 5.91 Å². The van der Waals surface area contributed by atoms with Crippen molar-refractivity contribution >= 4 is 23.2 Å². The summed E-state index contributed by atoms with van der Waals surface area (Å²) in [7, 11) is 0. The lowest BCUT2D eigenvalue weighted by Crippen LogP contribution is -2.36. The van der Waals surface area contributed by atoms with Crippen molar-refractivity contribution in [3.8, 4) is 0 Å². The van der Waals surface area contributed by atoms with Crippen LogP contribution in [0, 0.1) is 19.7 Å². The number of H-pyrrole nitrogens is 1. The fourth-order valence-corrected chi connectivity index (χ4v) is 3.20. The summed E-state index contributed by atoms with van der Waals surface area (Å²) in [5, 5.41) is 11.9. The molecule has 0 saturated heterocycles. The Morgan fingerprint density at radius 3 is 2.48 bits per heavy atom. The SMILES string of the molecule is CCN(CC)CC(O)CN.Cc1cc(C)c(C=C2C(=O)Nc3ccc(F)cc32)[nH]1. The van der Waals surface area contributed by atoms with Crippen LogP contribution in [0.4, 0.5) is 10.1 Å². The maximum atomic E-state index is 13.3. The highest BCUT2D eigenvalue weighted by Gasteiger charge is 2.24. The summed E-state index contributed by atoms with van der Waals surface area (Å²) in [4.78, 5) is 17.3. The molecule has 0 spiro atoms. The molecule has 1 amide bonds. The lowest BCUT2D eigenvalue weighted by molar-refractivity contribution is -0.110. The number of halogens is 1. The first-order chi connectivity index (χ1) is 13.8. The number of nitrogens with zero attached hydrogens (tertiary/aromatic N) is 1. The first-order valence-electron chi connectivity index (χ1n) is 9.88. The molecule has 0 radical (unpaired) electrons. The molecule has 0 fully saturated rings. The quantitative estimate of drug-likeness (QED) is 0.559. The van der Waals surface area contributed by atoms with E-state index < -0.39 is 0 Å². The number of aliphatic hydroxyl groups excluding tert-OH is 1. The summed E-state index contributed by atoms with van der Waals surface area (Å²) in [6.45, 7) is 11.1. The van der Waals surface area contributed by atoms with Gasteiger partial charge in [-0.1, -0.05) is 13.8 Å². The Bertz CT molecular complexity index is 872. The average Bonchev–Trinajstić information content (AvgIpc) is 3.18. The standard InChI is InChI=1S/C15H13FN2O.C7H18N2O/c1-8-5-9(2)17-14(8)7-12-11-6-10(16)3-4-13(11)18-15(12)19;1-3-9(4-2)6-7(10)5-8/h3-7,17H,1-2H3,(H,18,19);7,10H,3-6,8H2,1-2H3. The lowest BCUT2D eigenvalue weighted by Gasteiger charge is -2.20. The van der Waals surface area contributed by atoms with Gasteiger partial charge in [-0.15, -0.1) is 0 Å². The van der Waals surface area contributed by atoms with Gasteiger partial charge in [0, 0.05) is 35.7 Å². The summed E-state index contributed by atoms with van der Waals surface area (Å²) < 4.78 is 13.3. The van der Waals surface area contributed by atoms with E-state index >= 15 is 0 Å². The number of carbonyl (C=O) groups excluding carboxylic acids is 1. The van der Waals surface area contributed by atoms with Gasteiger partial charge in [0.15, 0.2) is 0 Å². The third kappa shape index (κ3) is 6.00. The Morgan fingerprint density at radius 1 is 1.24 bits per heavy atom. The van der Waals surface area contributed by atoms with Crippen molar-refractivity contribution in [1.82, 2.24) is 9.88 Å². The molecule has 2 aromatic rings. The van der Waals surface area contributed by atoms with Gasteiger partial charge in [0.05, 0.1) is 11.7 Å². The third-order valence-electron chi connectivity index (χ3n) is 4.88. The molecular weight excluding hydrogens is 371 g/mol. The number of likely N-dealkylation sites (N-methyl/N-ethyl adjacent to an activating group) is 1. The fraction of sp³-hybridized carbons (Fsp3) is 0.409. The summed E-state index contributed by atoms with van der Waals surface area (Å²) >= 11 is 0. The predicted molar refractivity (Wildman–Crippen MR) is 116 cm³/mol. The van der Waals surface area contributed by atoms with Crippen molar-refractivity contribution in [2.24, 2.45) is 5.73 Å². The van der Waals surface area contributed by atoms with E-state index in [1.807, 2.05) is 19.9 Å². The highest BCUT2D eigenvalue weighted by atomic mass is 19.1. The topological polar surface area (TPSA) is 94.4 Å². The molecule has 1 unspecified atom stereocenters. The smallest absolute Gasteiger partial charge is 0.256 e. The molecule has 1 aliphatic rings. The Labute approximate surface area is 171 Å². The number of aromatic nitrogens is 1. The molecule has 1 aromatic carbocycles. The number of benzene rings is 1. The molecule has 5 N–H and O–H groups in total. The second-order valence-corrected chi connectivity index (χ2v) is 7.13. The normalized spacial score (nSPS) is 15.2. The minimum absolute atomic E-state index is 0.202. The van der Waals surface area contributed by atoms with Gasteiger partial charge in [-0.05, 0) is 62.8 Å². The maximum absolute atomic E-state index is 13.3. The molecule has 1 atom stereocenters. The van der Waals surface area contributed by atoms with E-state index in [4.69, 9.17) is 10.8 Å². The van der Waals surface area contributed by atoms with Gasteiger partial charge in [-0.2, -0.15) is 0 Å². The molecule has 7 heteroatoms. The van der Waals surface area contributed by atoms with Crippen molar-refractivity contribution < 1.29 is 14.3 Å². The van der Waals surface area contributed by atoms with Crippen LogP contribution < -0.4 is 11.1 Å². The molecule has 1 aromatic heterocycles. The number of aromatic amines is 1. The van der Waals surface area contributed by atoms with Crippen LogP contribution in [0.15, 0.2) is 24.3 Å². The predicted octanol–water partition coefficient (Wildman–Crippen LogP) is 2.91. The van der Waals surface area contributed by atoms with Crippen molar-refractivity contribution in [2.45, 2.75) is 33.8 Å². The second-order valence-electron chi connectivity index (χ2n) is 7.13. The number of hydrogen-bond acceptors (Lipinski definition) is 4. The van der Waals surface area contributed by atoms with Crippen LogP contribution in [0.1, 0.15) is 36.4 Å². The number of carbonyl (C=O) groups is 1. The van der Waals surface area contributed by atoms with Crippen LogP contribution in [0.3, 0.4) is 0 Å². The molecule has 6 nitrogen and oxygen atoms in total. The number of nitrogens with one attached hydrogen (secondary N) is 2. The summed E-state index contributed by atoms with van der Waals surface area (Å²) in [6, 6.07) is 6.30. The number of aryl methyl sites for hydroxylation is 2. The molecule has 3 rings (SSSR count). The van der Waals surface area contributed by atoms with Crippen molar-refractivity contribution in [3.05, 3.63) is 52.6 Å². The van der Waals surface area contributed by atoms with Crippen molar-refractivity contribution in [3.63, 3.8) is 0 Å². The number of rotatable bonds is 6. The molecular formula is C22H31FN4O2. The average molecular weight is 403 g/mol. The fourth-order valence-electron chi connectivity index (χ4n) is 3.20. The van der Waals surface area contributed by atoms with Crippen molar-refractivity contribution in [2.75, 3.05) is 31.5 Å². The molecule has 0 saturated carbocycles. The first-order valence-corrected chi connectivity index (χ1v) is 9.88. The largest absolute Gasteiger partial charge is 0.390 e. The van der Waals surface area contributed by atoms with E-state index in [0.717, 1.165) is 30.0 Å². The maximum Gasteiger partial charge on any atom is 0.256 e. The van der Waals surface area contributed by atoms with Crippen LogP contribution in [-0.2, 0) is 4.79 Å². The van der Waals surface area contributed by atoms with Gasteiger partial charge in [-0.3, -0.25) is 4.79 Å². The molecule has 29 heavy (non-hydrogen) atoms.